The second-order valence-electron chi connectivity index (χ2n) is 5.58. The summed E-state index contributed by atoms with van der Waals surface area (Å²) in [5, 5.41) is 2.81. The molecule has 0 saturated carbocycles. The quantitative estimate of drug-likeness (QED) is 0.869. The Labute approximate surface area is 119 Å². The van der Waals surface area contributed by atoms with Crippen molar-refractivity contribution in [3.8, 4) is 0 Å². The van der Waals surface area contributed by atoms with Crippen molar-refractivity contribution in [1.82, 2.24) is 5.32 Å². The van der Waals surface area contributed by atoms with Gasteiger partial charge in [-0.3, -0.25) is 4.79 Å². The molecule has 1 aliphatic rings. The molecule has 1 saturated heterocycles. The summed E-state index contributed by atoms with van der Waals surface area (Å²) in [6.07, 6.45) is -0.126. The van der Waals surface area contributed by atoms with Crippen molar-refractivity contribution in [1.29, 1.82) is 0 Å². The molecule has 0 aromatic heterocycles. The fourth-order valence-electron chi connectivity index (χ4n) is 2.11. The van der Waals surface area contributed by atoms with Gasteiger partial charge in [0.05, 0.1) is 6.61 Å². The highest BCUT2D eigenvalue weighted by molar-refractivity contribution is 5.82. The standard InChI is InChI=1S/C15H22N2O3/c1-10-4-6-11(7-5-10)13(16)14(18)17-8-12-9-19-15(2,3)20-12/h4-7,12-13H,8-9,16H2,1-3H3,(H,17,18). The molecule has 0 spiro atoms. The van der Waals surface area contributed by atoms with Crippen LogP contribution in [0, 0.1) is 6.92 Å². The number of rotatable bonds is 4. The van der Waals surface area contributed by atoms with Crippen LogP contribution in [0.15, 0.2) is 24.3 Å². The van der Waals surface area contributed by atoms with Gasteiger partial charge in [0.1, 0.15) is 12.1 Å². The Kier molecular flexibility index (Phi) is 4.42. The number of hydrogen-bond acceptors (Lipinski definition) is 4. The number of ether oxygens (including phenoxy) is 2. The Morgan fingerprint density at radius 2 is 2.10 bits per heavy atom. The van der Waals surface area contributed by atoms with Crippen molar-refractivity contribution in [2.24, 2.45) is 5.73 Å². The molecule has 1 aliphatic heterocycles. The lowest BCUT2D eigenvalue weighted by Gasteiger charge is -2.18. The van der Waals surface area contributed by atoms with Crippen LogP contribution in [0.4, 0.5) is 0 Å². The first-order valence-corrected chi connectivity index (χ1v) is 6.79. The summed E-state index contributed by atoms with van der Waals surface area (Å²) in [7, 11) is 0. The minimum atomic E-state index is -0.661. The molecule has 20 heavy (non-hydrogen) atoms. The molecular weight excluding hydrogens is 256 g/mol. The van der Waals surface area contributed by atoms with Gasteiger partial charge in [-0.05, 0) is 26.3 Å². The first-order chi connectivity index (χ1) is 9.37. The van der Waals surface area contributed by atoms with Crippen LogP contribution in [0.5, 0.6) is 0 Å². The predicted octanol–water partition coefficient (Wildman–Crippen LogP) is 1.26. The fourth-order valence-corrected chi connectivity index (χ4v) is 2.11. The van der Waals surface area contributed by atoms with Gasteiger partial charge in [-0.25, -0.2) is 0 Å². The van der Waals surface area contributed by atoms with E-state index in [0.29, 0.717) is 13.2 Å². The highest BCUT2D eigenvalue weighted by Gasteiger charge is 2.32. The van der Waals surface area contributed by atoms with Crippen LogP contribution < -0.4 is 11.1 Å². The van der Waals surface area contributed by atoms with Gasteiger partial charge in [0.15, 0.2) is 5.79 Å². The normalized spacial score (nSPS) is 22.5. The van der Waals surface area contributed by atoms with Crippen LogP contribution >= 0.6 is 0 Å². The molecule has 0 aliphatic carbocycles. The largest absolute Gasteiger partial charge is 0.352 e. The predicted molar refractivity (Wildman–Crippen MR) is 76.0 cm³/mol. The van der Waals surface area contributed by atoms with E-state index < -0.39 is 11.8 Å². The summed E-state index contributed by atoms with van der Waals surface area (Å²) >= 11 is 0. The lowest BCUT2D eigenvalue weighted by atomic mass is 10.1. The number of nitrogens with two attached hydrogens (primary N) is 1. The van der Waals surface area contributed by atoms with Crippen LogP contribution in [0.2, 0.25) is 0 Å². The molecule has 1 aromatic carbocycles. The minimum absolute atomic E-state index is 0.126. The topological polar surface area (TPSA) is 73.6 Å². The zero-order chi connectivity index (χ0) is 14.8. The summed E-state index contributed by atoms with van der Waals surface area (Å²) < 4.78 is 11.1. The lowest BCUT2D eigenvalue weighted by molar-refractivity contribution is -0.139. The van der Waals surface area contributed by atoms with Gasteiger partial charge in [0, 0.05) is 6.54 Å². The van der Waals surface area contributed by atoms with Crippen LogP contribution in [-0.2, 0) is 14.3 Å². The van der Waals surface area contributed by atoms with Gasteiger partial charge in [0.25, 0.3) is 0 Å². The van der Waals surface area contributed by atoms with E-state index >= 15 is 0 Å². The van der Waals surface area contributed by atoms with E-state index in [4.69, 9.17) is 15.2 Å². The Balaban J connectivity index is 1.84. The van der Waals surface area contributed by atoms with Crippen molar-refractivity contribution in [3.63, 3.8) is 0 Å². The van der Waals surface area contributed by atoms with Crippen molar-refractivity contribution in [3.05, 3.63) is 35.4 Å². The summed E-state index contributed by atoms with van der Waals surface area (Å²) in [5.41, 5.74) is 7.88. The average Bonchev–Trinajstić information content (AvgIpc) is 2.75. The van der Waals surface area contributed by atoms with Crippen molar-refractivity contribution < 1.29 is 14.3 Å². The lowest BCUT2D eigenvalue weighted by Crippen LogP contribution is -2.39. The number of hydrogen-bond donors (Lipinski definition) is 2. The number of carbonyl (C=O) groups excluding carboxylic acids is 1. The Hall–Kier alpha value is -1.43. The van der Waals surface area contributed by atoms with Gasteiger partial charge in [0.2, 0.25) is 5.91 Å². The van der Waals surface area contributed by atoms with Gasteiger partial charge < -0.3 is 20.5 Å². The molecule has 1 amide bonds. The van der Waals surface area contributed by atoms with E-state index in [9.17, 15) is 4.79 Å². The van der Waals surface area contributed by atoms with Gasteiger partial charge in [-0.2, -0.15) is 0 Å². The van der Waals surface area contributed by atoms with Crippen molar-refractivity contribution in [2.45, 2.75) is 38.7 Å². The average molecular weight is 278 g/mol. The van der Waals surface area contributed by atoms with Crippen LogP contribution in [0.1, 0.15) is 31.0 Å². The highest BCUT2D eigenvalue weighted by Crippen LogP contribution is 2.21. The molecule has 5 heteroatoms. The number of nitrogens with one attached hydrogen (secondary N) is 1. The number of amides is 1. The minimum Gasteiger partial charge on any atom is -0.352 e. The van der Waals surface area contributed by atoms with Crippen LogP contribution in [0.3, 0.4) is 0 Å². The molecule has 1 aromatic rings. The van der Waals surface area contributed by atoms with E-state index in [2.05, 4.69) is 5.32 Å². The molecule has 3 N–H and O–H groups in total. The van der Waals surface area contributed by atoms with E-state index in [1.165, 1.54) is 0 Å². The fraction of sp³-hybridized carbons (Fsp3) is 0.533. The van der Waals surface area contributed by atoms with Gasteiger partial charge >= 0.3 is 0 Å². The summed E-state index contributed by atoms with van der Waals surface area (Å²) in [5.74, 6) is -0.781. The van der Waals surface area contributed by atoms with Crippen molar-refractivity contribution in [2.75, 3.05) is 13.2 Å². The maximum Gasteiger partial charge on any atom is 0.241 e. The van der Waals surface area contributed by atoms with Crippen molar-refractivity contribution >= 4 is 5.91 Å². The third kappa shape index (κ3) is 3.79. The molecule has 1 fully saturated rings. The van der Waals surface area contributed by atoms with E-state index in [0.717, 1.165) is 11.1 Å². The maximum atomic E-state index is 12.0. The SMILES string of the molecule is Cc1ccc(C(N)C(=O)NCC2COC(C)(C)O2)cc1. The number of benzene rings is 1. The summed E-state index contributed by atoms with van der Waals surface area (Å²) in [6.45, 7) is 6.59. The Bertz CT molecular complexity index is 471. The summed E-state index contributed by atoms with van der Waals surface area (Å²) in [4.78, 5) is 12.0. The third-order valence-corrected chi connectivity index (χ3v) is 3.29. The number of carbonyl (C=O) groups is 1. The van der Waals surface area contributed by atoms with Gasteiger partial charge in [-0.1, -0.05) is 29.8 Å². The molecule has 5 nitrogen and oxygen atoms in total. The summed E-state index contributed by atoms with van der Waals surface area (Å²) in [6, 6.07) is 6.97. The molecule has 2 atom stereocenters. The highest BCUT2D eigenvalue weighted by atomic mass is 16.7. The van der Waals surface area contributed by atoms with Crippen LogP contribution in [0.25, 0.3) is 0 Å². The molecule has 2 unspecified atom stereocenters. The second kappa shape index (κ2) is 5.91. The monoisotopic (exact) mass is 278 g/mol. The zero-order valence-electron chi connectivity index (χ0n) is 12.2. The second-order valence-corrected chi connectivity index (χ2v) is 5.58. The Morgan fingerprint density at radius 3 is 2.65 bits per heavy atom. The van der Waals surface area contributed by atoms with Crippen LogP contribution in [-0.4, -0.2) is 30.9 Å². The molecule has 110 valence electrons. The smallest absolute Gasteiger partial charge is 0.241 e. The van der Waals surface area contributed by atoms with E-state index in [1.807, 2.05) is 45.0 Å². The molecule has 2 rings (SSSR count). The molecule has 0 bridgehead atoms. The van der Waals surface area contributed by atoms with E-state index in [1.54, 1.807) is 0 Å². The van der Waals surface area contributed by atoms with Gasteiger partial charge in [-0.15, -0.1) is 0 Å². The number of aryl methyl sites for hydroxylation is 1. The molecule has 1 heterocycles. The zero-order valence-corrected chi connectivity index (χ0v) is 12.2. The van der Waals surface area contributed by atoms with E-state index in [-0.39, 0.29) is 12.0 Å². The maximum absolute atomic E-state index is 12.0. The first-order valence-electron chi connectivity index (χ1n) is 6.79. The molecule has 0 radical (unpaired) electrons. The molecular formula is C15H22N2O3. The third-order valence-electron chi connectivity index (χ3n) is 3.29. The Morgan fingerprint density at radius 1 is 1.45 bits per heavy atom. The first kappa shape index (κ1) is 15.0.